The molecular formula is C17H28N4O4. The first kappa shape index (κ1) is 19.2. The number of aromatic nitrogens is 2. The summed E-state index contributed by atoms with van der Waals surface area (Å²) in [6.07, 6.45) is 6.20. The maximum atomic E-state index is 12.2. The molecule has 0 bridgehead atoms. The van der Waals surface area contributed by atoms with Crippen molar-refractivity contribution in [1.29, 1.82) is 0 Å². The van der Waals surface area contributed by atoms with Crippen molar-refractivity contribution in [2.24, 2.45) is 0 Å². The molecule has 1 fully saturated rings. The summed E-state index contributed by atoms with van der Waals surface area (Å²) in [5.41, 5.74) is -0.0264. The van der Waals surface area contributed by atoms with Gasteiger partial charge in [-0.15, -0.1) is 0 Å². The van der Waals surface area contributed by atoms with Crippen LogP contribution in [0.3, 0.4) is 0 Å². The van der Waals surface area contributed by atoms with E-state index >= 15 is 0 Å². The van der Waals surface area contributed by atoms with Crippen molar-refractivity contribution in [3.63, 3.8) is 0 Å². The van der Waals surface area contributed by atoms with Crippen LogP contribution in [0.1, 0.15) is 47.0 Å². The third-order valence-electron chi connectivity index (χ3n) is 3.69. The van der Waals surface area contributed by atoms with E-state index in [2.05, 4.69) is 15.7 Å². The minimum absolute atomic E-state index is 0.171. The van der Waals surface area contributed by atoms with E-state index in [0.717, 1.165) is 19.4 Å². The molecule has 1 aliphatic rings. The highest BCUT2D eigenvalue weighted by Gasteiger charge is 2.21. The van der Waals surface area contributed by atoms with Gasteiger partial charge < -0.3 is 20.1 Å². The second kappa shape index (κ2) is 8.33. The summed E-state index contributed by atoms with van der Waals surface area (Å²) in [5.74, 6) is -0.334. The third kappa shape index (κ3) is 6.74. The molecule has 2 amide bonds. The average molecular weight is 352 g/mol. The van der Waals surface area contributed by atoms with Crippen molar-refractivity contribution in [2.45, 2.75) is 71.2 Å². The molecule has 0 spiro atoms. The van der Waals surface area contributed by atoms with Gasteiger partial charge in [0.05, 0.1) is 24.5 Å². The van der Waals surface area contributed by atoms with Gasteiger partial charge in [-0.1, -0.05) is 0 Å². The maximum Gasteiger partial charge on any atom is 0.408 e. The van der Waals surface area contributed by atoms with Gasteiger partial charge in [-0.3, -0.25) is 9.48 Å². The SMILES string of the molecule is C[C@H](NC(=O)OC(C)(C)C)C(=O)Nc1cnn(C[C@H]2CCCCO2)c1. The van der Waals surface area contributed by atoms with Crippen LogP contribution in [-0.4, -0.2) is 46.1 Å². The molecule has 1 saturated heterocycles. The molecule has 0 unspecified atom stereocenters. The minimum atomic E-state index is -0.722. The Bertz CT molecular complexity index is 588. The van der Waals surface area contributed by atoms with Crippen LogP contribution in [0.25, 0.3) is 0 Å². The molecule has 0 aliphatic carbocycles. The zero-order valence-electron chi connectivity index (χ0n) is 15.4. The van der Waals surface area contributed by atoms with Gasteiger partial charge >= 0.3 is 6.09 Å². The Hall–Kier alpha value is -2.09. The Kier molecular flexibility index (Phi) is 6.41. The van der Waals surface area contributed by atoms with E-state index in [0.29, 0.717) is 12.2 Å². The number of hydrogen-bond donors (Lipinski definition) is 2. The van der Waals surface area contributed by atoms with E-state index in [1.807, 2.05) is 0 Å². The van der Waals surface area contributed by atoms with E-state index < -0.39 is 17.7 Å². The lowest BCUT2D eigenvalue weighted by Gasteiger charge is -2.22. The normalized spacial score (nSPS) is 19.1. The molecule has 8 heteroatoms. The zero-order chi connectivity index (χ0) is 18.4. The first-order chi connectivity index (χ1) is 11.7. The van der Waals surface area contributed by atoms with Gasteiger partial charge in [-0.25, -0.2) is 4.79 Å². The Morgan fingerprint density at radius 1 is 1.44 bits per heavy atom. The van der Waals surface area contributed by atoms with Gasteiger partial charge in [0.25, 0.3) is 0 Å². The second-order valence-electron chi connectivity index (χ2n) is 7.30. The van der Waals surface area contributed by atoms with E-state index in [1.165, 1.54) is 6.42 Å². The summed E-state index contributed by atoms with van der Waals surface area (Å²) < 4.78 is 12.6. The number of ether oxygens (including phenoxy) is 2. The lowest BCUT2D eigenvalue weighted by molar-refractivity contribution is -0.117. The van der Waals surface area contributed by atoms with Gasteiger partial charge in [0.1, 0.15) is 11.6 Å². The van der Waals surface area contributed by atoms with Gasteiger partial charge in [0.2, 0.25) is 5.91 Å². The fourth-order valence-corrected chi connectivity index (χ4v) is 2.49. The van der Waals surface area contributed by atoms with E-state index in [4.69, 9.17) is 9.47 Å². The molecule has 2 atom stereocenters. The predicted molar refractivity (Wildman–Crippen MR) is 93.3 cm³/mol. The molecule has 2 rings (SSSR count). The first-order valence-corrected chi connectivity index (χ1v) is 8.67. The second-order valence-corrected chi connectivity index (χ2v) is 7.30. The number of hydrogen-bond acceptors (Lipinski definition) is 5. The highest BCUT2D eigenvalue weighted by molar-refractivity contribution is 5.96. The Morgan fingerprint density at radius 3 is 2.84 bits per heavy atom. The smallest absolute Gasteiger partial charge is 0.408 e. The molecule has 1 aromatic rings. The topological polar surface area (TPSA) is 94.5 Å². The predicted octanol–water partition coefficient (Wildman–Crippen LogP) is 2.30. The molecule has 0 radical (unpaired) electrons. The molecule has 0 aromatic carbocycles. The van der Waals surface area contributed by atoms with Crippen LogP contribution in [0.2, 0.25) is 0 Å². The molecule has 140 valence electrons. The van der Waals surface area contributed by atoms with Crippen LogP contribution in [0.15, 0.2) is 12.4 Å². The number of nitrogens with zero attached hydrogens (tertiary/aromatic N) is 2. The summed E-state index contributed by atoms with van der Waals surface area (Å²) in [5, 5.41) is 9.48. The van der Waals surface area contributed by atoms with Crippen molar-refractivity contribution >= 4 is 17.7 Å². The summed E-state index contributed by atoms with van der Waals surface area (Å²) in [4.78, 5) is 23.9. The largest absolute Gasteiger partial charge is 0.444 e. The van der Waals surface area contributed by atoms with Crippen molar-refractivity contribution in [3.8, 4) is 0 Å². The number of alkyl carbamates (subject to hydrolysis) is 1. The van der Waals surface area contributed by atoms with Crippen LogP contribution < -0.4 is 10.6 Å². The monoisotopic (exact) mass is 352 g/mol. The van der Waals surface area contributed by atoms with Gasteiger partial charge in [0.15, 0.2) is 0 Å². The first-order valence-electron chi connectivity index (χ1n) is 8.67. The number of carbonyl (C=O) groups is 2. The van der Waals surface area contributed by atoms with Crippen LogP contribution in [-0.2, 0) is 20.8 Å². The highest BCUT2D eigenvalue weighted by Crippen LogP contribution is 2.15. The fraction of sp³-hybridized carbons (Fsp3) is 0.706. The van der Waals surface area contributed by atoms with Gasteiger partial charge in [0, 0.05) is 12.8 Å². The lowest BCUT2D eigenvalue weighted by Crippen LogP contribution is -2.43. The number of nitrogens with one attached hydrogen (secondary N) is 2. The van der Waals surface area contributed by atoms with Crippen LogP contribution in [0, 0.1) is 0 Å². The summed E-state index contributed by atoms with van der Waals surface area (Å²) in [6, 6.07) is -0.722. The molecule has 1 aromatic heterocycles. The van der Waals surface area contributed by atoms with E-state index in [-0.39, 0.29) is 12.0 Å². The Balaban J connectivity index is 1.80. The summed E-state index contributed by atoms with van der Waals surface area (Å²) in [6.45, 7) is 8.36. The van der Waals surface area contributed by atoms with E-state index in [9.17, 15) is 9.59 Å². The molecule has 1 aliphatic heterocycles. The van der Waals surface area contributed by atoms with Crippen molar-refractivity contribution in [3.05, 3.63) is 12.4 Å². The number of rotatable bonds is 5. The zero-order valence-corrected chi connectivity index (χ0v) is 15.4. The van der Waals surface area contributed by atoms with Crippen LogP contribution >= 0.6 is 0 Å². The van der Waals surface area contributed by atoms with Gasteiger partial charge in [-0.05, 0) is 47.0 Å². The third-order valence-corrected chi connectivity index (χ3v) is 3.69. The molecule has 2 N–H and O–H groups in total. The van der Waals surface area contributed by atoms with Crippen molar-refractivity contribution in [2.75, 3.05) is 11.9 Å². The van der Waals surface area contributed by atoms with Crippen molar-refractivity contribution in [1.82, 2.24) is 15.1 Å². The number of anilines is 1. The highest BCUT2D eigenvalue weighted by atomic mass is 16.6. The Morgan fingerprint density at radius 2 is 2.20 bits per heavy atom. The summed E-state index contributed by atoms with van der Waals surface area (Å²) >= 11 is 0. The average Bonchev–Trinajstić information content (AvgIpc) is 2.93. The fourth-order valence-electron chi connectivity index (χ4n) is 2.49. The lowest BCUT2D eigenvalue weighted by atomic mass is 10.1. The van der Waals surface area contributed by atoms with Crippen LogP contribution in [0.4, 0.5) is 10.5 Å². The standard InChI is InChI=1S/C17H28N4O4/c1-12(19-16(23)25-17(2,3)4)15(22)20-13-9-18-21(10-13)11-14-7-5-6-8-24-14/h9-10,12,14H,5-8,11H2,1-4H3,(H,19,23)(H,20,22)/t12-,14+/m0/s1. The molecule has 0 saturated carbocycles. The Labute approximate surface area is 148 Å². The van der Waals surface area contributed by atoms with Crippen LogP contribution in [0.5, 0.6) is 0 Å². The van der Waals surface area contributed by atoms with E-state index in [1.54, 1.807) is 44.8 Å². The number of amides is 2. The van der Waals surface area contributed by atoms with Gasteiger partial charge in [-0.2, -0.15) is 5.10 Å². The quantitative estimate of drug-likeness (QED) is 0.848. The number of carbonyl (C=O) groups excluding carboxylic acids is 2. The molecule has 8 nitrogen and oxygen atoms in total. The molecule has 25 heavy (non-hydrogen) atoms. The molecule has 2 heterocycles. The minimum Gasteiger partial charge on any atom is -0.444 e. The molecular weight excluding hydrogens is 324 g/mol. The summed E-state index contributed by atoms with van der Waals surface area (Å²) in [7, 11) is 0. The van der Waals surface area contributed by atoms with Crippen molar-refractivity contribution < 1.29 is 19.1 Å². The maximum absolute atomic E-state index is 12.2.